The van der Waals surface area contributed by atoms with Crippen molar-refractivity contribution in [1.29, 1.82) is 0 Å². The third kappa shape index (κ3) is 3.64. The van der Waals surface area contributed by atoms with Gasteiger partial charge in [0, 0.05) is 11.6 Å². The van der Waals surface area contributed by atoms with E-state index in [0.29, 0.717) is 11.6 Å². The molecule has 4 heteroatoms. The van der Waals surface area contributed by atoms with Crippen molar-refractivity contribution in [3.05, 3.63) is 42.0 Å². The molecule has 1 N–H and O–H groups in total. The standard InChI is InChI=1S/C16H18ClNO2/c1-16(2,3)20-15(19)18-14-9-12-7-5-4-6-11(12)8-13(14)10-17/h4-9H,10H2,1-3H3,(H,18,19). The predicted octanol–water partition coefficient (Wildman–Crippen LogP) is 4.93. The number of alkyl halides is 1. The number of hydrogen-bond acceptors (Lipinski definition) is 2. The molecule has 2 rings (SSSR count). The summed E-state index contributed by atoms with van der Waals surface area (Å²) in [5.41, 5.74) is 1.03. The maximum Gasteiger partial charge on any atom is 0.412 e. The van der Waals surface area contributed by atoms with Crippen LogP contribution in [-0.4, -0.2) is 11.7 Å². The Labute approximate surface area is 123 Å². The number of ether oxygens (including phenoxy) is 1. The molecule has 1 amide bonds. The number of anilines is 1. The summed E-state index contributed by atoms with van der Waals surface area (Å²) in [6.45, 7) is 5.49. The highest BCUT2D eigenvalue weighted by Crippen LogP contribution is 2.26. The first kappa shape index (κ1) is 14.7. The predicted molar refractivity (Wildman–Crippen MR) is 83.4 cm³/mol. The van der Waals surface area contributed by atoms with E-state index in [2.05, 4.69) is 5.32 Å². The minimum absolute atomic E-state index is 0.329. The van der Waals surface area contributed by atoms with E-state index in [1.807, 2.05) is 57.2 Å². The van der Waals surface area contributed by atoms with Crippen molar-refractivity contribution >= 4 is 34.2 Å². The topological polar surface area (TPSA) is 38.3 Å². The molecular formula is C16H18ClNO2. The summed E-state index contributed by atoms with van der Waals surface area (Å²) in [6, 6.07) is 11.8. The maximum absolute atomic E-state index is 11.9. The van der Waals surface area contributed by atoms with E-state index >= 15 is 0 Å². The van der Waals surface area contributed by atoms with Crippen molar-refractivity contribution in [3.63, 3.8) is 0 Å². The molecule has 3 nitrogen and oxygen atoms in total. The SMILES string of the molecule is CC(C)(C)OC(=O)Nc1cc2ccccc2cc1CCl. The van der Waals surface area contributed by atoms with Crippen LogP contribution in [0.4, 0.5) is 10.5 Å². The number of carbonyl (C=O) groups excluding carboxylic acids is 1. The fraction of sp³-hybridized carbons (Fsp3) is 0.312. The summed E-state index contributed by atoms with van der Waals surface area (Å²) in [6.07, 6.45) is -0.473. The summed E-state index contributed by atoms with van der Waals surface area (Å²) < 4.78 is 5.26. The van der Waals surface area contributed by atoms with Crippen LogP contribution >= 0.6 is 11.6 Å². The largest absolute Gasteiger partial charge is 0.444 e. The molecule has 0 aliphatic heterocycles. The van der Waals surface area contributed by atoms with Gasteiger partial charge in [0.05, 0.1) is 0 Å². The second-order valence-corrected chi connectivity index (χ2v) is 5.88. The van der Waals surface area contributed by atoms with Crippen LogP contribution in [0.3, 0.4) is 0 Å². The van der Waals surface area contributed by atoms with Crippen LogP contribution in [0.1, 0.15) is 26.3 Å². The summed E-state index contributed by atoms with van der Waals surface area (Å²) in [4.78, 5) is 11.9. The Bertz CT molecular complexity index is 632. The van der Waals surface area contributed by atoms with Crippen molar-refractivity contribution < 1.29 is 9.53 Å². The molecule has 20 heavy (non-hydrogen) atoms. The Morgan fingerprint density at radius 1 is 1.20 bits per heavy atom. The quantitative estimate of drug-likeness (QED) is 0.797. The summed E-state index contributed by atoms with van der Waals surface area (Å²) in [5, 5.41) is 4.91. The number of nitrogens with one attached hydrogen (secondary N) is 1. The minimum Gasteiger partial charge on any atom is -0.444 e. The fourth-order valence-electron chi connectivity index (χ4n) is 1.93. The molecule has 0 radical (unpaired) electrons. The Morgan fingerprint density at radius 3 is 2.35 bits per heavy atom. The van der Waals surface area contributed by atoms with Crippen LogP contribution in [0.25, 0.3) is 10.8 Å². The van der Waals surface area contributed by atoms with Gasteiger partial charge in [-0.25, -0.2) is 4.79 Å². The molecule has 0 saturated carbocycles. The van der Waals surface area contributed by atoms with Gasteiger partial charge < -0.3 is 4.74 Å². The van der Waals surface area contributed by atoms with Gasteiger partial charge in [-0.15, -0.1) is 11.6 Å². The number of rotatable bonds is 2. The van der Waals surface area contributed by atoms with Gasteiger partial charge in [-0.3, -0.25) is 5.32 Å². The molecule has 0 aliphatic carbocycles. The first-order valence-electron chi connectivity index (χ1n) is 6.47. The fourth-order valence-corrected chi connectivity index (χ4v) is 2.15. The van der Waals surface area contributed by atoms with E-state index in [4.69, 9.17) is 16.3 Å². The molecule has 106 valence electrons. The average molecular weight is 292 g/mol. The van der Waals surface area contributed by atoms with Crippen LogP contribution < -0.4 is 5.32 Å². The van der Waals surface area contributed by atoms with E-state index in [1.54, 1.807) is 0 Å². The lowest BCUT2D eigenvalue weighted by atomic mass is 10.1. The molecule has 0 aromatic heterocycles. The molecule has 0 saturated heterocycles. The van der Waals surface area contributed by atoms with Gasteiger partial charge in [0.1, 0.15) is 5.60 Å². The highest BCUT2D eigenvalue weighted by Gasteiger charge is 2.17. The molecule has 0 bridgehead atoms. The van der Waals surface area contributed by atoms with E-state index in [-0.39, 0.29) is 0 Å². The van der Waals surface area contributed by atoms with Crippen molar-refractivity contribution in [3.8, 4) is 0 Å². The summed E-state index contributed by atoms with van der Waals surface area (Å²) in [5.74, 6) is 0.329. The molecule has 0 atom stereocenters. The molecule has 2 aromatic carbocycles. The highest BCUT2D eigenvalue weighted by atomic mass is 35.5. The molecule has 0 aliphatic rings. The molecular weight excluding hydrogens is 274 g/mol. The summed E-state index contributed by atoms with van der Waals surface area (Å²) >= 11 is 5.96. The maximum atomic E-state index is 11.9. The molecule has 0 unspecified atom stereocenters. The zero-order valence-electron chi connectivity index (χ0n) is 11.9. The van der Waals surface area contributed by atoms with Crippen LogP contribution in [0.15, 0.2) is 36.4 Å². The van der Waals surface area contributed by atoms with Gasteiger partial charge in [0.2, 0.25) is 0 Å². The number of hydrogen-bond donors (Lipinski definition) is 1. The van der Waals surface area contributed by atoms with Gasteiger partial charge in [0.15, 0.2) is 0 Å². The zero-order chi connectivity index (χ0) is 14.8. The smallest absolute Gasteiger partial charge is 0.412 e. The van der Waals surface area contributed by atoms with Crippen LogP contribution in [0.2, 0.25) is 0 Å². The van der Waals surface area contributed by atoms with E-state index in [1.165, 1.54) is 0 Å². The average Bonchev–Trinajstić information content (AvgIpc) is 2.35. The Balaban J connectivity index is 2.31. The number of amides is 1. The van der Waals surface area contributed by atoms with Crippen molar-refractivity contribution in [2.24, 2.45) is 0 Å². The Hall–Kier alpha value is -1.74. The molecule has 0 spiro atoms. The van der Waals surface area contributed by atoms with Crippen LogP contribution in [0, 0.1) is 0 Å². The van der Waals surface area contributed by atoms with Gasteiger partial charge in [-0.05, 0) is 49.2 Å². The Kier molecular flexibility index (Phi) is 4.19. The summed E-state index contributed by atoms with van der Waals surface area (Å²) in [7, 11) is 0. The van der Waals surface area contributed by atoms with E-state index < -0.39 is 11.7 Å². The van der Waals surface area contributed by atoms with E-state index in [0.717, 1.165) is 16.3 Å². The molecule has 0 fully saturated rings. The number of halogens is 1. The van der Waals surface area contributed by atoms with Gasteiger partial charge in [-0.1, -0.05) is 24.3 Å². The first-order chi connectivity index (χ1) is 9.39. The normalized spacial score (nSPS) is 11.4. The monoisotopic (exact) mass is 291 g/mol. The highest BCUT2D eigenvalue weighted by molar-refractivity contribution is 6.17. The van der Waals surface area contributed by atoms with Crippen LogP contribution in [0.5, 0.6) is 0 Å². The van der Waals surface area contributed by atoms with Gasteiger partial charge in [-0.2, -0.15) is 0 Å². The van der Waals surface area contributed by atoms with Crippen molar-refractivity contribution in [2.75, 3.05) is 5.32 Å². The first-order valence-corrected chi connectivity index (χ1v) is 7.00. The van der Waals surface area contributed by atoms with Gasteiger partial charge in [0.25, 0.3) is 0 Å². The molecule has 0 heterocycles. The second-order valence-electron chi connectivity index (χ2n) is 5.62. The van der Waals surface area contributed by atoms with Gasteiger partial charge >= 0.3 is 6.09 Å². The molecule has 2 aromatic rings. The Morgan fingerprint density at radius 2 is 1.80 bits per heavy atom. The van der Waals surface area contributed by atoms with E-state index in [9.17, 15) is 4.79 Å². The lowest BCUT2D eigenvalue weighted by Gasteiger charge is -2.20. The minimum atomic E-state index is -0.526. The second kappa shape index (κ2) is 5.71. The number of carbonyl (C=O) groups is 1. The number of benzene rings is 2. The van der Waals surface area contributed by atoms with Crippen LogP contribution in [-0.2, 0) is 10.6 Å². The van der Waals surface area contributed by atoms with Crippen molar-refractivity contribution in [2.45, 2.75) is 32.3 Å². The lowest BCUT2D eigenvalue weighted by molar-refractivity contribution is 0.0636. The third-order valence-electron chi connectivity index (χ3n) is 2.75. The lowest BCUT2D eigenvalue weighted by Crippen LogP contribution is -2.27. The zero-order valence-corrected chi connectivity index (χ0v) is 12.6. The van der Waals surface area contributed by atoms with Crippen molar-refractivity contribution in [1.82, 2.24) is 0 Å². The third-order valence-corrected chi connectivity index (χ3v) is 3.04. The number of fused-ring (bicyclic) bond motifs is 1.